The summed E-state index contributed by atoms with van der Waals surface area (Å²) in [6.45, 7) is 5.61. The highest BCUT2D eigenvalue weighted by Gasteiger charge is 2.28. The lowest BCUT2D eigenvalue weighted by Gasteiger charge is -2.32. The Kier molecular flexibility index (Phi) is 4.07. The van der Waals surface area contributed by atoms with Crippen LogP contribution in [0.2, 0.25) is 0 Å². The van der Waals surface area contributed by atoms with E-state index in [1.54, 1.807) is 0 Å². The van der Waals surface area contributed by atoms with Crippen molar-refractivity contribution in [2.45, 2.75) is 33.1 Å². The molecule has 0 spiro atoms. The summed E-state index contributed by atoms with van der Waals surface area (Å²) >= 11 is 0. The number of fused-ring (bicyclic) bond motifs is 1. The van der Waals surface area contributed by atoms with Gasteiger partial charge in [-0.3, -0.25) is 9.89 Å². The Balaban J connectivity index is 1.53. The highest BCUT2D eigenvalue weighted by molar-refractivity contribution is 5.98. The van der Waals surface area contributed by atoms with Crippen molar-refractivity contribution in [3.05, 3.63) is 53.0 Å². The van der Waals surface area contributed by atoms with Gasteiger partial charge in [-0.2, -0.15) is 5.10 Å². The first kappa shape index (κ1) is 15.9. The average Bonchev–Trinajstić information content (AvgIpc) is 3.18. The van der Waals surface area contributed by atoms with E-state index in [1.807, 2.05) is 42.3 Å². The number of rotatable bonds is 3. The predicted molar refractivity (Wildman–Crippen MR) is 96.6 cm³/mol. The van der Waals surface area contributed by atoms with E-state index in [9.17, 15) is 4.79 Å². The molecule has 1 aromatic carbocycles. The molecule has 1 fully saturated rings. The van der Waals surface area contributed by atoms with Crippen LogP contribution in [-0.4, -0.2) is 34.1 Å². The van der Waals surface area contributed by atoms with E-state index < -0.39 is 0 Å². The number of para-hydroxylation sites is 1. The SMILES string of the molecule is Cc1cn[nH]c1C[C@@H]1CCCN(C(=O)c2oc3ccccc3c2C)C1. The molecule has 4 rings (SSSR count). The summed E-state index contributed by atoms with van der Waals surface area (Å²) in [6, 6.07) is 7.83. The van der Waals surface area contributed by atoms with Gasteiger partial charge in [0.15, 0.2) is 5.76 Å². The first-order valence-corrected chi connectivity index (χ1v) is 8.89. The van der Waals surface area contributed by atoms with Crippen molar-refractivity contribution in [1.29, 1.82) is 0 Å². The van der Waals surface area contributed by atoms with Crippen LogP contribution in [0.4, 0.5) is 0 Å². The van der Waals surface area contributed by atoms with Crippen LogP contribution in [0.15, 0.2) is 34.9 Å². The number of hydrogen-bond acceptors (Lipinski definition) is 3. The lowest BCUT2D eigenvalue weighted by atomic mass is 9.92. The second kappa shape index (κ2) is 6.39. The molecular formula is C20H23N3O2. The summed E-state index contributed by atoms with van der Waals surface area (Å²) in [5.41, 5.74) is 4.09. The molecule has 0 saturated carbocycles. The minimum atomic E-state index is 0.0136. The third-order valence-corrected chi connectivity index (χ3v) is 5.27. The molecule has 2 aromatic heterocycles. The molecule has 1 aliphatic rings. The van der Waals surface area contributed by atoms with Crippen molar-refractivity contribution in [3.8, 4) is 0 Å². The standard InChI is InChI=1S/C20H23N3O2/c1-13-11-21-22-17(13)10-15-6-5-9-23(12-15)20(24)19-14(2)16-7-3-4-8-18(16)25-19/h3-4,7-8,11,15H,5-6,9-10,12H2,1-2H3,(H,21,22)/t15-/m0/s1. The van der Waals surface area contributed by atoms with Crippen LogP contribution in [0.25, 0.3) is 11.0 Å². The van der Waals surface area contributed by atoms with Crippen LogP contribution in [0.5, 0.6) is 0 Å². The fraction of sp³-hybridized carbons (Fsp3) is 0.400. The normalized spacial score (nSPS) is 18.0. The van der Waals surface area contributed by atoms with Crippen LogP contribution in [-0.2, 0) is 6.42 Å². The lowest BCUT2D eigenvalue weighted by molar-refractivity contribution is 0.0642. The van der Waals surface area contributed by atoms with Crippen molar-refractivity contribution in [2.24, 2.45) is 5.92 Å². The number of aromatic nitrogens is 2. The van der Waals surface area contributed by atoms with Gasteiger partial charge in [-0.25, -0.2) is 0 Å². The summed E-state index contributed by atoms with van der Waals surface area (Å²) in [5.74, 6) is 0.959. The maximum Gasteiger partial charge on any atom is 0.289 e. The predicted octanol–water partition coefficient (Wildman–Crippen LogP) is 3.87. The molecule has 1 saturated heterocycles. The van der Waals surface area contributed by atoms with Gasteiger partial charge in [0.05, 0.1) is 6.20 Å². The van der Waals surface area contributed by atoms with E-state index in [2.05, 4.69) is 17.1 Å². The maximum atomic E-state index is 13.0. The van der Waals surface area contributed by atoms with Gasteiger partial charge in [0.1, 0.15) is 5.58 Å². The topological polar surface area (TPSA) is 62.1 Å². The lowest BCUT2D eigenvalue weighted by Crippen LogP contribution is -2.40. The van der Waals surface area contributed by atoms with E-state index in [-0.39, 0.29) is 5.91 Å². The third kappa shape index (κ3) is 2.95. The fourth-order valence-electron chi connectivity index (χ4n) is 3.81. The Morgan fingerprint density at radius 2 is 2.20 bits per heavy atom. The Bertz CT molecular complexity index is 909. The molecule has 130 valence electrons. The number of likely N-dealkylation sites (tertiary alicyclic amines) is 1. The molecule has 5 heteroatoms. The molecule has 1 aliphatic heterocycles. The summed E-state index contributed by atoms with van der Waals surface area (Å²) in [5, 5.41) is 8.21. The smallest absolute Gasteiger partial charge is 0.289 e. The van der Waals surface area contributed by atoms with E-state index in [4.69, 9.17) is 4.42 Å². The van der Waals surface area contributed by atoms with E-state index in [1.165, 1.54) is 11.3 Å². The second-order valence-electron chi connectivity index (χ2n) is 7.05. The van der Waals surface area contributed by atoms with Gasteiger partial charge in [-0.1, -0.05) is 18.2 Å². The van der Waals surface area contributed by atoms with E-state index in [0.29, 0.717) is 11.7 Å². The Morgan fingerprint density at radius 1 is 1.36 bits per heavy atom. The Hall–Kier alpha value is -2.56. The number of carbonyl (C=O) groups excluding carboxylic acids is 1. The first-order chi connectivity index (χ1) is 12.1. The first-order valence-electron chi connectivity index (χ1n) is 8.89. The zero-order valence-electron chi connectivity index (χ0n) is 14.7. The number of carbonyl (C=O) groups is 1. The molecule has 5 nitrogen and oxygen atoms in total. The van der Waals surface area contributed by atoms with Gasteiger partial charge in [0, 0.05) is 29.7 Å². The van der Waals surface area contributed by atoms with Crippen molar-refractivity contribution in [3.63, 3.8) is 0 Å². The average molecular weight is 337 g/mol. The van der Waals surface area contributed by atoms with Crippen LogP contribution in [0, 0.1) is 19.8 Å². The molecule has 1 N–H and O–H groups in total. The number of H-pyrrole nitrogens is 1. The summed E-state index contributed by atoms with van der Waals surface area (Å²) in [4.78, 5) is 15.0. The molecule has 1 atom stereocenters. The van der Waals surface area contributed by atoms with Gasteiger partial charge in [-0.15, -0.1) is 0 Å². The maximum absolute atomic E-state index is 13.0. The monoisotopic (exact) mass is 337 g/mol. The minimum absolute atomic E-state index is 0.0136. The summed E-state index contributed by atoms with van der Waals surface area (Å²) in [7, 11) is 0. The number of furan rings is 1. The van der Waals surface area contributed by atoms with Gasteiger partial charge in [0.25, 0.3) is 5.91 Å². The number of aryl methyl sites for hydroxylation is 2. The quantitative estimate of drug-likeness (QED) is 0.789. The Morgan fingerprint density at radius 3 is 2.96 bits per heavy atom. The zero-order chi connectivity index (χ0) is 17.4. The fourth-order valence-corrected chi connectivity index (χ4v) is 3.81. The van der Waals surface area contributed by atoms with Crippen molar-refractivity contribution < 1.29 is 9.21 Å². The number of benzene rings is 1. The minimum Gasteiger partial charge on any atom is -0.451 e. The highest BCUT2D eigenvalue weighted by atomic mass is 16.3. The summed E-state index contributed by atoms with van der Waals surface area (Å²) in [6.07, 6.45) is 4.97. The Labute approximate surface area is 147 Å². The summed E-state index contributed by atoms with van der Waals surface area (Å²) < 4.78 is 5.87. The molecule has 25 heavy (non-hydrogen) atoms. The molecule has 3 heterocycles. The van der Waals surface area contributed by atoms with Crippen LogP contribution >= 0.6 is 0 Å². The van der Waals surface area contributed by atoms with Crippen molar-refractivity contribution in [2.75, 3.05) is 13.1 Å². The third-order valence-electron chi connectivity index (χ3n) is 5.27. The van der Waals surface area contributed by atoms with Crippen LogP contribution < -0.4 is 0 Å². The number of aromatic amines is 1. The number of amides is 1. The second-order valence-corrected chi connectivity index (χ2v) is 7.05. The van der Waals surface area contributed by atoms with Crippen LogP contribution in [0.3, 0.4) is 0 Å². The van der Waals surface area contributed by atoms with Crippen molar-refractivity contribution in [1.82, 2.24) is 15.1 Å². The molecule has 0 bridgehead atoms. The van der Waals surface area contributed by atoms with Gasteiger partial charge in [0.2, 0.25) is 0 Å². The van der Waals surface area contributed by atoms with E-state index in [0.717, 1.165) is 48.9 Å². The highest BCUT2D eigenvalue weighted by Crippen LogP contribution is 2.28. The van der Waals surface area contributed by atoms with E-state index >= 15 is 0 Å². The number of nitrogens with zero attached hydrogens (tertiary/aromatic N) is 2. The van der Waals surface area contributed by atoms with Crippen LogP contribution in [0.1, 0.15) is 40.2 Å². The molecule has 0 unspecified atom stereocenters. The van der Waals surface area contributed by atoms with Gasteiger partial charge in [-0.05, 0) is 50.7 Å². The number of piperidine rings is 1. The molecule has 0 radical (unpaired) electrons. The number of hydrogen-bond donors (Lipinski definition) is 1. The van der Waals surface area contributed by atoms with Crippen molar-refractivity contribution >= 4 is 16.9 Å². The molecule has 1 amide bonds. The zero-order valence-corrected chi connectivity index (χ0v) is 14.7. The van der Waals surface area contributed by atoms with Gasteiger partial charge >= 0.3 is 0 Å². The molecular weight excluding hydrogens is 314 g/mol. The van der Waals surface area contributed by atoms with Gasteiger partial charge < -0.3 is 9.32 Å². The molecule has 3 aromatic rings. The molecule has 0 aliphatic carbocycles. The number of nitrogens with one attached hydrogen (secondary N) is 1. The largest absolute Gasteiger partial charge is 0.451 e.